The highest BCUT2D eigenvalue weighted by atomic mass is 79.9. The van der Waals surface area contributed by atoms with E-state index in [1.165, 1.54) is 0 Å². The van der Waals surface area contributed by atoms with Crippen molar-refractivity contribution < 1.29 is 9.47 Å². The predicted octanol–water partition coefficient (Wildman–Crippen LogP) is 4.19. The molecule has 2 aromatic carbocycles. The van der Waals surface area contributed by atoms with Crippen molar-refractivity contribution >= 4 is 27.5 Å². The second-order valence-electron chi connectivity index (χ2n) is 4.51. The van der Waals surface area contributed by atoms with Gasteiger partial charge in [-0.05, 0) is 36.7 Å². The number of rotatable bonds is 6. The first-order chi connectivity index (χ1) is 10.2. The summed E-state index contributed by atoms with van der Waals surface area (Å²) in [5.74, 6) is 1.43. The van der Waals surface area contributed by atoms with Gasteiger partial charge in [0.1, 0.15) is 6.61 Å². The Labute approximate surface area is 138 Å². The van der Waals surface area contributed by atoms with Crippen molar-refractivity contribution in [3.05, 3.63) is 57.0 Å². The smallest absolute Gasteiger partial charge is 0.164 e. The monoisotopic (exact) mass is 369 g/mol. The van der Waals surface area contributed by atoms with Gasteiger partial charge in [-0.3, -0.25) is 0 Å². The van der Waals surface area contributed by atoms with Gasteiger partial charge < -0.3 is 15.2 Å². The number of para-hydroxylation sites is 1. The SMILES string of the molecule is COc1cccc(CCN)c1OCc1ccc(Br)cc1Cl. The molecule has 0 aromatic heterocycles. The van der Waals surface area contributed by atoms with Crippen molar-refractivity contribution in [2.45, 2.75) is 13.0 Å². The predicted molar refractivity (Wildman–Crippen MR) is 89.2 cm³/mol. The number of halogens is 2. The lowest BCUT2D eigenvalue weighted by Gasteiger charge is -2.15. The summed E-state index contributed by atoms with van der Waals surface area (Å²) in [6, 6.07) is 11.5. The van der Waals surface area contributed by atoms with E-state index in [1.54, 1.807) is 7.11 Å². The molecular weight excluding hydrogens is 354 g/mol. The number of ether oxygens (including phenoxy) is 2. The van der Waals surface area contributed by atoms with Crippen molar-refractivity contribution in [3.8, 4) is 11.5 Å². The van der Waals surface area contributed by atoms with E-state index in [2.05, 4.69) is 15.9 Å². The first-order valence-corrected chi connectivity index (χ1v) is 7.75. The van der Waals surface area contributed by atoms with E-state index in [9.17, 15) is 0 Å². The Kier molecular flexibility index (Phi) is 5.91. The zero-order valence-corrected chi connectivity index (χ0v) is 14.1. The second kappa shape index (κ2) is 7.69. The molecule has 2 aromatic rings. The minimum atomic E-state index is 0.379. The summed E-state index contributed by atoms with van der Waals surface area (Å²) in [5.41, 5.74) is 7.60. The van der Waals surface area contributed by atoms with Crippen LogP contribution in [-0.2, 0) is 13.0 Å². The van der Waals surface area contributed by atoms with E-state index in [-0.39, 0.29) is 0 Å². The van der Waals surface area contributed by atoms with Crippen molar-refractivity contribution in [2.75, 3.05) is 13.7 Å². The van der Waals surface area contributed by atoms with E-state index in [0.717, 1.165) is 27.8 Å². The van der Waals surface area contributed by atoms with Gasteiger partial charge in [0.2, 0.25) is 0 Å². The highest BCUT2D eigenvalue weighted by Gasteiger charge is 2.11. The normalized spacial score (nSPS) is 10.5. The van der Waals surface area contributed by atoms with Crippen LogP contribution in [-0.4, -0.2) is 13.7 Å². The summed E-state index contributed by atoms with van der Waals surface area (Å²) >= 11 is 9.60. The minimum absolute atomic E-state index is 0.379. The maximum Gasteiger partial charge on any atom is 0.164 e. The Bertz CT molecular complexity index is 619. The van der Waals surface area contributed by atoms with E-state index >= 15 is 0 Å². The molecule has 0 fully saturated rings. The Morgan fingerprint density at radius 2 is 2.00 bits per heavy atom. The highest BCUT2D eigenvalue weighted by Crippen LogP contribution is 2.32. The number of hydrogen-bond donors (Lipinski definition) is 1. The molecule has 0 radical (unpaired) electrons. The number of methoxy groups -OCH3 is 1. The number of nitrogens with two attached hydrogens (primary N) is 1. The first kappa shape index (κ1) is 16.1. The molecule has 112 valence electrons. The topological polar surface area (TPSA) is 44.5 Å². The van der Waals surface area contributed by atoms with Crippen LogP contribution in [0.1, 0.15) is 11.1 Å². The third-order valence-corrected chi connectivity index (χ3v) is 3.93. The molecule has 3 nitrogen and oxygen atoms in total. The van der Waals surface area contributed by atoms with Gasteiger partial charge in [0.15, 0.2) is 11.5 Å². The van der Waals surface area contributed by atoms with E-state index < -0.39 is 0 Å². The summed E-state index contributed by atoms with van der Waals surface area (Å²) in [6.45, 7) is 0.937. The quantitative estimate of drug-likeness (QED) is 0.829. The van der Waals surface area contributed by atoms with Crippen LogP contribution in [0.3, 0.4) is 0 Å². The molecule has 0 spiro atoms. The number of hydrogen-bond acceptors (Lipinski definition) is 3. The second-order valence-corrected chi connectivity index (χ2v) is 5.83. The molecule has 0 saturated heterocycles. The van der Waals surface area contributed by atoms with Crippen LogP contribution in [0.2, 0.25) is 5.02 Å². The first-order valence-electron chi connectivity index (χ1n) is 6.58. The lowest BCUT2D eigenvalue weighted by atomic mass is 10.1. The Morgan fingerprint density at radius 1 is 1.19 bits per heavy atom. The Hall–Kier alpha value is -1.23. The average molecular weight is 371 g/mol. The van der Waals surface area contributed by atoms with Crippen LogP contribution in [0.4, 0.5) is 0 Å². The molecule has 0 aliphatic heterocycles. The van der Waals surface area contributed by atoms with E-state index in [1.807, 2.05) is 36.4 Å². The molecule has 0 saturated carbocycles. The summed E-state index contributed by atoms with van der Waals surface area (Å²) in [6.07, 6.45) is 0.737. The van der Waals surface area contributed by atoms with E-state index in [0.29, 0.717) is 23.9 Å². The molecule has 5 heteroatoms. The molecule has 0 aliphatic rings. The van der Waals surface area contributed by atoms with Crippen molar-refractivity contribution in [1.29, 1.82) is 0 Å². The standard InChI is InChI=1S/C16H17BrClNO2/c1-20-15-4-2-3-11(7-8-19)16(15)21-10-12-5-6-13(17)9-14(12)18/h2-6,9H,7-8,10,19H2,1H3. The largest absolute Gasteiger partial charge is 0.493 e. The van der Waals surface area contributed by atoms with Gasteiger partial charge in [-0.15, -0.1) is 0 Å². The Morgan fingerprint density at radius 3 is 2.67 bits per heavy atom. The summed E-state index contributed by atoms with van der Waals surface area (Å²) < 4.78 is 12.2. The maximum absolute atomic E-state index is 6.21. The molecule has 0 atom stereocenters. The molecule has 2 rings (SSSR count). The zero-order valence-electron chi connectivity index (χ0n) is 11.7. The summed E-state index contributed by atoms with van der Waals surface area (Å²) in [5, 5.41) is 0.666. The molecule has 0 aliphatic carbocycles. The van der Waals surface area contributed by atoms with Crippen LogP contribution < -0.4 is 15.2 Å². The van der Waals surface area contributed by atoms with Crippen LogP contribution in [0.25, 0.3) is 0 Å². The molecule has 0 bridgehead atoms. The fourth-order valence-corrected chi connectivity index (χ4v) is 2.75. The van der Waals surface area contributed by atoms with E-state index in [4.69, 9.17) is 26.8 Å². The van der Waals surface area contributed by atoms with Crippen molar-refractivity contribution in [2.24, 2.45) is 5.73 Å². The molecular formula is C16H17BrClNO2. The summed E-state index contributed by atoms with van der Waals surface area (Å²) in [7, 11) is 1.63. The zero-order chi connectivity index (χ0) is 15.2. The molecule has 0 amide bonds. The molecule has 2 N–H and O–H groups in total. The maximum atomic E-state index is 6.21. The molecule has 0 heterocycles. The molecule has 0 unspecified atom stereocenters. The Balaban J connectivity index is 2.22. The van der Waals surface area contributed by atoms with Crippen LogP contribution in [0.5, 0.6) is 11.5 Å². The van der Waals surface area contributed by atoms with Gasteiger partial charge in [-0.25, -0.2) is 0 Å². The third kappa shape index (κ3) is 4.13. The fourth-order valence-electron chi connectivity index (χ4n) is 2.03. The minimum Gasteiger partial charge on any atom is -0.493 e. The van der Waals surface area contributed by atoms with Crippen LogP contribution in [0, 0.1) is 0 Å². The van der Waals surface area contributed by atoms with Gasteiger partial charge in [0, 0.05) is 15.1 Å². The fraction of sp³-hybridized carbons (Fsp3) is 0.250. The lowest BCUT2D eigenvalue weighted by molar-refractivity contribution is 0.281. The van der Waals surface area contributed by atoms with Crippen molar-refractivity contribution in [3.63, 3.8) is 0 Å². The lowest BCUT2D eigenvalue weighted by Crippen LogP contribution is -2.06. The summed E-state index contributed by atoms with van der Waals surface area (Å²) in [4.78, 5) is 0. The number of benzene rings is 2. The third-order valence-electron chi connectivity index (χ3n) is 3.08. The van der Waals surface area contributed by atoms with Gasteiger partial charge in [0.05, 0.1) is 7.11 Å². The average Bonchev–Trinajstić information content (AvgIpc) is 2.47. The van der Waals surface area contributed by atoms with Crippen LogP contribution >= 0.6 is 27.5 Å². The van der Waals surface area contributed by atoms with Gasteiger partial charge in [-0.1, -0.05) is 45.7 Å². The highest BCUT2D eigenvalue weighted by molar-refractivity contribution is 9.10. The molecule has 21 heavy (non-hydrogen) atoms. The van der Waals surface area contributed by atoms with Crippen molar-refractivity contribution in [1.82, 2.24) is 0 Å². The van der Waals surface area contributed by atoms with Crippen LogP contribution in [0.15, 0.2) is 40.9 Å². The van der Waals surface area contributed by atoms with Gasteiger partial charge >= 0.3 is 0 Å². The van der Waals surface area contributed by atoms with Gasteiger partial charge in [0.25, 0.3) is 0 Å². The van der Waals surface area contributed by atoms with Gasteiger partial charge in [-0.2, -0.15) is 0 Å².